The van der Waals surface area contributed by atoms with Crippen LogP contribution in [0.3, 0.4) is 0 Å². The Morgan fingerprint density at radius 2 is 2.33 bits per heavy atom. The monoisotopic (exact) mass is 211 g/mol. The van der Waals surface area contributed by atoms with E-state index in [9.17, 15) is 14.9 Å². The number of carboxylic acids is 1. The van der Waals surface area contributed by atoms with Gasteiger partial charge < -0.3 is 10.4 Å². The Kier molecular flexibility index (Phi) is 3.17. The van der Waals surface area contributed by atoms with Crippen molar-refractivity contribution in [3.63, 3.8) is 0 Å². The predicted molar refractivity (Wildman–Crippen MR) is 51.8 cm³/mol. The maximum atomic E-state index is 10.5. The van der Waals surface area contributed by atoms with Crippen LogP contribution in [-0.2, 0) is 4.79 Å². The zero-order chi connectivity index (χ0) is 11.4. The van der Waals surface area contributed by atoms with E-state index in [-0.39, 0.29) is 17.9 Å². The van der Waals surface area contributed by atoms with Gasteiger partial charge in [-0.05, 0) is 13.0 Å². The molecule has 7 heteroatoms. The largest absolute Gasteiger partial charge is 0.480 e. The van der Waals surface area contributed by atoms with E-state index in [0.717, 1.165) is 0 Å². The molecule has 0 aliphatic rings. The van der Waals surface area contributed by atoms with E-state index < -0.39 is 10.9 Å². The van der Waals surface area contributed by atoms with Gasteiger partial charge in [0.1, 0.15) is 18.1 Å². The third-order valence-corrected chi connectivity index (χ3v) is 1.68. The van der Waals surface area contributed by atoms with Crippen LogP contribution in [0.25, 0.3) is 0 Å². The summed E-state index contributed by atoms with van der Waals surface area (Å²) in [7, 11) is 0. The number of carbonyl (C=O) groups is 1. The quantitative estimate of drug-likeness (QED) is 0.563. The van der Waals surface area contributed by atoms with Gasteiger partial charge in [0.25, 0.3) is 5.69 Å². The Hall–Kier alpha value is -2.18. The number of hydrogen-bond donors (Lipinski definition) is 2. The molecule has 0 aliphatic carbocycles. The minimum Gasteiger partial charge on any atom is -0.480 e. The number of rotatable bonds is 4. The molecule has 0 aliphatic heterocycles. The number of nitro groups is 1. The third kappa shape index (κ3) is 2.90. The van der Waals surface area contributed by atoms with Crippen molar-refractivity contribution in [2.45, 2.75) is 6.92 Å². The van der Waals surface area contributed by atoms with E-state index in [0.29, 0.717) is 5.82 Å². The number of aliphatic carboxylic acids is 1. The molecule has 7 nitrogen and oxygen atoms in total. The van der Waals surface area contributed by atoms with Crippen molar-refractivity contribution in [2.24, 2.45) is 0 Å². The van der Waals surface area contributed by atoms with Crippen molar-refractivity contribution < 1.29 is 14.8 Å². The summed E-state index contributed by atoms with van der Waals surface area (Å²) in [5.74, 6) is -0.715. The molecule has 1 rings (SSSR count). The predicted octanol–water partition coefficient (Wildman–Crippen LogP) is 0.795. The summed E-state index contributed by atoms with van der Waals surface area (Å²) in [4.78, 5) is 24.0. The first-order valence-corrected chi connectivity index (χ1v) is 4.08. The number of pyridine rings is 1. The number of nitrogens with one attached hydrogen (secondary N) is 1. The molecule has 0 radical (unpaired) electrons. The Morgan fingerprint density at radius 3 is 2.80 bits per heavy atom. The van der Waals surface area contributed by atoms with Crippen molar-refractivity contribution in [3.05, 3.63) is 27.9 Å². The number of anilines is 1. The molecule has 0 unspecified atom stereocenters. The zero-order valence-electron chi connectivity index (χ0n) is 7.93. The molecule has 0 spiro atoms. The second-order valence-electron chi connectivity index (χ2n) is 2.81. The second-order valence-corrected chi connectivity index (χ2v) is 2.81. The summed E-state index contributed by atoms with van der Waals surface area (Å²) in [5.41, 5.74) is 0.159. The highest BCUT2D eigenvalue weighted by atomic mass is 16.6. The molecule has 0 bridgehead atoms. The van der Waals surface area contributed by atoms with E-state index in [1.165, 1.54) is 19.1 Å². The number of nitrogens with zero attached hydrogens (tertiary/aromatic N) is 2. The lowest BCUT2D eigenvalue weighted by Crippen LogP contribution is -2.13. The fourth-order valence-electron chi connectivity index (χ4n) is 1.01. The number of hydrogen-bond acceptors (Lipinski definition) is 5. The average molecular weight is 211 g/mol. The summed E-state index contributed by atoms with van der Waals surface area (Å²) >= 11 is 0. The molecule has 0 saturated heterocycles. The smallest absolute Gasteiger partial charge is 0.322 e. The van der Waals surface area contributed by atoms with Gasteiger partial charge in [-0.25, -0.2) is 4.98 Å². The Balaban J connectivity index is 2.82. The van der Waals surface area contributed by atoms with Crippen LogP contribution in [0.2, 0.25) is 0 Å². The maximum absolute atomic E-state index is 10.5. The summed E-state index contributed by atoms with van der Waals surface area (Å²) < 4.78 is 0. The molecule has 0 amide bonds. The number of carboxylic acid groups (broad SMARTS) is 1. The molecule has 0 fully saturated rings. The van der Waals surface area contributed by atoms with Crippen LogP contribution in [0, 0.1) is 17.0 Å². The molecular formula is C8H9N3O4. The molecule has 15 heavy (non-hydrogen) atoms. The van der Waals surface area contributed by atoms with Crippen LogP contribution in [0.5, 0.6) is 0 Å². The van der Waals surface area contributed by atoms with Crippen molar-refractivity contribution in [3.8, 4) is 0 Å². The van der Waals surface area contributed by atoms with E-state index in [2.05, 4.69) is 10.3 Å². The van der Waals surface area contributed by atoms with Crippen LogP contribution in [-0.4, -0.2) is 27.5 Å². The lowest BCUT2D eigenvalue weighted by atomic mass is 10.3. The lowest BCUT2D eigenvalue weighted by molar-refractivity contribution is -0.385. The Labute approximate surface area is 84.9 Å². The van der Waals surface area contributed by atoms with Crippen molar-refractivity contribution in [1.29, 1.82) is 0 Å². The molecule has 80 valence electrons. The van der Waals surface area contributed by atoms with Gasteiger partial charge in [-0.2, -0.15) is 0 Å². The summed E-state index contributed by atoms with van der Waals surface area (Å²) in [6.45, 7) is 1.22. The first kappa shape index (κ1) is 10.9. The van der Waals surface area contributed by atoms with E-state index >= 15 is 0 Å². The van der Waals surface area contributed by atoms with E-state index in [4.69, 9.17) is 5.11 Å². The lowest BCUT2D eigenvalue weighted by Gasteiger charge is -2.03. The highest BCUT2D eigenvalue weighted by Crippen LogP contribution is 2.17. The molecule has 2 N–H and O–H groups in total. The molecule has 1 heterocycles. The summed E-state index contributed by atoms with van der Waals surface area (Å²) in [6.07, 6.45) is 0. The van der Waals surface area contributed by atoms with Gasteiger partial charge in [-0.15, -0.1) is 0 Å². The average Bonchev–Trinajstić information content (AvgIpc) is 2.14. The van der Waals surface area contributed by atoms with Crippen LogP contribution < -0.4 is 5.32 Å². The minimum absolute atomic E-state index is 0.0872. The van der Waals surface area contributed by atoms with Gasteiger partial charge in [0.05, 0.1) is 4.92 Å². The molecule has 0 atom stereocenters. The van der Waals surface area contributed by atoms with E-state index in [1.807, 2.05) is 0 Å². The van der Waals surface area contributed by atoms with Crippen LogP contribution in [0.15, 0.2) is 12.1 Å². The molecule has 0 saturated carbocycles. The van der Waals surface area contributed by atoms with Gasteiger partial charge in [-0.1, -0.05) is 0 Å². The first-order chi connectivity index (χ1) is 7.00. The van der Waals surface area contributed by atoms with Gasteiger partial charge in [0.2, 0.25) is 0 Å². The van der Waals surface area contributed by atoms with Crippen LogP contribution in [0.1, 0.15) is 5.69 Å². The molecular weight excluding hydrogens is 202 g/mol. The fourth-order valence-corrected chi connectivity index (χ4v) is 1.01. The van der Waals surface area contributed by atoms with Gasteiger partial charge >= 0.3 is 5.97 Å². The third-order valence-electron chi connectivity index (χ3n) is 1.68. The van der Waals surface area contributed by atoms with Gasteiger partial charge in [-0.3, -0.25) is 14.9 Å². The van der Waals surface area contributed by atoms with Crippen molar-refractivity contribution >= 4 is 17.5 Å². The minimum atomic E-state index is -1.02. The van der Waals surface area contributed by atoms with Gasteiger partial charge in [0, 0.05) is 6.07 Å². The Bertz CT molecular complexity index is 405. The summed E-state index contributed by atoms with van der Waals surface area (Å²) in [6, 6.07) is 2.65. The molecule has 1 aromatic rings. The number of aromatic nitrogens is 1. The number of aryl methyl sites for hydroxylation is 1. The fraction of sp³-hybridized carbons (Fsp3) is 0.250. The topological polar surface area (TPSA) is 105 Å². The summed E-state index contributed by atoms with van der Waals surface area (Å²) in [5, 5.41) is 21.4. The van der Waals surface area contributed by atoms with Crippen LogP contribution in [0.4, 0.5) is 11.5 Å². The Morgan fingerprint density at radius 1 is 1.67 bits per heavy atom. The first-order valence-electron chi connectivity index (χ1n) is 4.08. The molecule has 1 aromatic heterocycles. The van der Waals surface area contributed by atoms with Gasteiger partial charge in [0.15, 0.2) is 0 Å². The van der Waals surface area contributed by atoms with Crippen molar-refractivity contribution in [2.75, 3.05) is 11.9 Å². The zero-order valence-corrected chi connectivity index (χ0v) is 7.93. The highest BCUT2D eigenvalue weighted by molar-refractivity contribution is 5.72. The second kappa shape index (κ2) is 4.36. The standard InChI is InChI=1S/C8H9N3O4/c1-5-6(11(14)15)2-3-7(10-5)9-4-8(12)13/h2-3H,4H2,1H3,(H,9,10)(H,12,13). The molecule has 0 aromatic carbocycles. The normalized spacial score (nSPS) is 9.67. The maximum Gasteiger partial charge on any atom is 0.322 e. The van der Waals surface area contributed by atoms with Crippen molar-refractivity contribution in [1.82, 2.24) is 4.98 Å². The van der Waals surface area contributed by atoms with E-state index in [1.54, 1.807) is 0 Å². The SMILES string of the molecule is Cc1nc(NCC(=O)O)ccc1[N+](=O)[O-]. The van der Waals surface area contributed by atoms with Crippen LogP contribution >= 0.6 is 0 Å². The highest BCUT2D eigenvalue weighted by Gasteiger charge is 2.11.